The Balaban J connectivity index is 2.13. The first kappa shape index (κ1) is 12.6. The minimum atomic E-state index is -3.53. The van der Waals surface area contributed by atoms with Crippen LogP contribution in [0.2, 0.25) is 0 Å². The summed E-state index contributed by atoms with van der Waals surface area (Å²) in [6.07, 6.45) is 3.37. The monoisotopic (exact) mass is 266 g/mol. The molecular formula is C11H14N4O2S. The molecule has 6 nitrogen and oxygen atoms in total. The Labute approximate surface area is 106 Å². The summed E-state index contributed by atoms with van der Waals surface area (Å²) in [6, 6.07) is 6.04. The van der Waals surface area contributed by atoms with E-state index in [-0.39, 0.29) is 11.4 Å². The number of imidazole rings is 1. The highest BCUT2D eigenvalue weighted by Gasteiger charge is 2.14. The number of benzene rings is 1. The first-order valence-corrected chi connectivity index (χ1v) is 6.79. The number of nitrogen functional groups attached to an aromatic ring is 1. The molecule has 96 valence electrons. The predicted molar refractivity (Wildman–Crippen MR) is 68.1 cm³/mol. The van der Waals surface area contributed by atoms with E-state index in [0.717, 1.165) is 0 Å². The van der Waals surface area contributed by atoms with Gasteiger partial charge in [0, 0.05) is 25.1 Å². The Bertz CT molecular complexity index is 631. The highest BCUT2D eigenvalue weighted by atomic mass is 32.2. The number of hydrogen-bond donors (Lipinski definition) is 2. The van der Waals surface area contributed by atoms with Crippen LogP contribution < -0.4 is 10.5 Å². The smallest absolute Gasteiger partial charge is 0.240 e. The minimum absolute atomic E-state index is 0.149. The molecule has 0 amide bonds. The zero-order valence-corrected chi connectivity index (χ0v) is 10.7. The van der Waals surface area contributed by atoms with Crippen LogP contribution in [-0.2, 0) is 23.6 Å². The molecule has 0 atom stereocenters. The lowest BCUT2D eigenvalue weighted by Crippen LogP contribution is -2.24. The van der Waals surface area contributed by atoms with Gasteiger partial charge in [0.1, 0.15) is 5.82 Å². The van der Waals surface area contributed by atoms with Crippen LogP contribution in [-0.4, -0.2) is 18.0 Å². The van der Waals surface area contributed by atoms with Gasteiger partial charge < -0.3 is 10.3 Å². The molecule has 0 spiro atoms. The van der Waals surface area contributed by atoms with E-state index in [2.05, 4.69) is 9.71 Å². The van der Waals surface area contributed by atoms with Crippen LogP contribution in [0, 0.1) is 0 Å². The third kappa shape index (κ3) is 2.69. The van der Waals surface area contributed by atoms with Gasteiger partial charge in [0.05, 0.1) is 11.4 Å². The summed E-state index contributed by atoms with van der Waals surface area (Å²) >= 11 is 0. The average molecular weight is 266 g/mol. The number of nitrogens with zero attached hydrogens (tertiary/aromatic N) is 2. The molecule has 1 aromatic carbocycles. The van der Waals surface area contributed by atoms with Crippen LogP contribution in [0.5, 0.6) is 0 Å². The normalized spacial score (nSPS) is 11.6. The number of nitrogens with one attached hydrogen (secondary N) is 1. The molecule has 7 heteroatoms. The van der Waals surface area contributed by atoms with Gasteiger partial charge in [0.2, 0.25) is 10.0 Å². The summed E-state index contributed by atoms with van der Waals surface area (Å²) in [5.41, 5.74) is 6.04. The van der Waals surface area contributed by atoms with Crippen LogP contribution in [0.3, 0.4) is 0 Å². The molecule has 18 heavy (non-hydrogen) atoms. The molecule has 0 saturated heterocycles. The Morgan fingerprint density at radius 3 is 2.56 bits per heavy atom. The SMILES string of the molecule is Cn1ccnc1CNS(=O)(=O)c1ccc(N)cc1. The van der Waals surface area contributed by atoms with Crippen LogP contribution in [0.15, 0.2) is 41.6 Å². The van der Waals surface area contributed by atoms with Crippen LogP contribution in [0.1, 0.15) is 5.82 Å². The van der Waals surface area contributed by atoms with Crippen molar-refractivity contribution >= 4 is 15.7 Å². The first-order valence-electron chi connectivity index (χ1n) is 5.30. The Hall–Kier alpha value is -1.86. The van der Waals surface area contributed by atoms with Crippen molar-refractivity contribution in [1.82, 2.24) is 14.3 Å². The van der Waals surface area contributed by atoms with Crippen molar-refractivity contribution in [1.29, 1.82) is 0 Å². The van der Waals surface area contributed by atoms with E-state index >= 15 is 0 Å². The molecule has 0 aliphatic heterocycles. The molecule has 0 saturated carbocycles. The summed E-state index contributed by atoms with van der Waals surface area (Å²) in [4.78, 5) is 4.23. The molecule has 0 fully saturated rings. The maximum Gasteiger partial charge on any atom is 0.240 e. The number of aryl methyl sites for hydroxylation is 1. The molecule has 0 bridgehead atoms. The van der Waals surface area contributed by atoms with Crippen LogP contribution in [0.25, 0.3) is 0 Å². The zero-order chi connectivity index (χ0) is 13.2. The standard InChI is InChI=1S/C11H14N4O2S/c1-15-7-6-13-11(15)8-14-18(16,17)10-4-2-9(12)3-5-10/h2-7,14H,8,12H2,1H3. The lowest BCUT2D eigenvalue weighted by Gasteiger charge is -2.07. The number of hydrogen-bond acceptors (Lipinski definition) is 4. The number of nitrogens with two attached hydrogens (primary N) is 1. The predicted octanol–water partition coefficient (Wildman–Crippen LogP) is 0.481. The Kier molecular flexibility index (Phi) is 3.35. The summed E-state index contributed by atoms with van der Waals surface area (Å²) < 4.78 is 28.2. The van der Waals surface area contributed by atoms with Crippen molar-refractivity contribution in [3.05, 3.63) is 42.5 Å². The van der Waals surface area contributed by atoms with E-state index in [0.29, 0.717) is 11.5 Å². The lowest BCUT2D eigenvalue weighted by atomic mass is 10.3. The van der Waals surface area contributed by atoms with Gasteiger partial charge in [-0.25, -0.2) is 18.1 Å². The van der Waals surface area contributed by atoms with E-state index in [1.54, 1.807) is 36.1 Å². The van der Waals surface area contributed by atoms with Crippen LogP contribution >= 0.6 is 0 Å². The van der Waals surface area contributed by atoms with Gasteiger partial charge in [0.25, 0.3) is 0 Å². The zero-order valence-electron chi connectivity index (χ0n) is 9.87. The number of sulfonamides is 1. The second kappa shape index (κ2) is 4.79. The van der Waals surface area contributed by atoms with Gasteiger partial charge >= 0.3 is 0 Å². The van der Waals surface area contributed by atoms with Gasteiger partial charge in [-0.15, -0.1) is 0 Å². The molecule has 0 aliphatic carbocycles. The molecule has 0 aliphatic rings. The van der Waals surface area contributed by atoms with E-state index in [1.165, 1.54) is 12.1 Å². The summed E-state index contributed by atoms with van der Waals surface area (Å²) in [6.45, 7) is 0.149. The topological polar surface area (TPSA) is 90.0 Å². The van der Waals surface area contributed by atoms with Crippen molar-refractivity contribution in [3.8, 4) is 0 Å². The average Bonchev–Trinajstić information content (AvgIpc) is 2.73. The molecule has 1 aromatic heterocycles. The number of rotatable bonds is 4. The van der Waals surface area contributed by atoms with E-state index < -0.39 is 10.0 Å². The minimum Gasteiger partial charge on any atom is -0.399 e. The molecule has 2 aromatic rings. The van der Waals surface area contributed by atoms with Crippen LogP contribution in [0.4, 0.5) is 5.69 Å². The Morgan fingerprint density at radius 2 is 2.00 bits per heavy atom. The highest BCUT2D eigenvalue weighted by molar-refractivity contribution is 7.89. The molecule has 3 N–H and O–H groups in total. The maximum atomic E-state index is 12.0. The van der Waals surface area contributed by atoms with Gasteiger partial charge in [0.15, 0.2) is 0 Å². The molecule has 0 unspecified atom stereocenters. The number of anilines is 1. The first-order chi connectivity index (χ1) is 8.49. The number of aromatic nitrogens is 2. The molecule has 2 rings (SSSR count). The maximum absolute atomic E-state index is 12.0. The van der Waals surface area contributed by atoms with Crippen molar-refractivity contribution in [2.75, 3.05) is 5.73 Å². The fourth-order valence-corrected chi connectivity index (χ4v) is 2.44. The van der Waals surface area contributed by atoms with E-state index in [4.69, 9.17) is 5.73 Å². The molecule has 0 radical (unpaired) electrons. The molecule has 1 heterocycles. The second-order valence-electron chi connectivity index (χ2n) is 3.85. The van der Waals surface area contributed by atoms with E-state index in [1.807, 2.05) is 0 Å². The fraction of sp³-hybridized carbons (Fsp3) is 0.182. The van der Waals surface area contributed by atoms with Crippen molar-refractivity contribution in [2.24, 2.45) is 7.05 Å². The summed E-state index contributed by atoms with van der Waals surface area (Å²) in [5, 5.41) is 0. The van der Waals surface area contributed by atoms with Gasteiger partial charge in [-0.1, -0.05) is 0 Å². The van der Waals surface area contributed by atoms with Crippen molar-refractivity contribution in [3.63, 3.8) is 0 Å². The second-order valence-corrected chi connectivity index (χ2v) is 5.61. The third-order valence-electron chi connectivity index (χ3n) is 2.53. The van der Waals surface area contributed by atoms with Crippen molar-refractivity contribution < 1.29 is 8.42 Å². The summed E-state index contributed by atoms with van der Waals surface area (Å²) in [7, 11) is -1.72. The molecular weight excluding hydrogens is 252 g/mol. The quantitative estimate of drug-likeness (QED) is 0.788. The lowest BCUT2D eigenvalue weighted by molar-refractivity contribution is 0.577. The third-order valence-corrected chi connectivity index (χ3v) is 3.95. The van der Waals surface area contributed by atoms with Gasteiger partial charge in [-0.2, -0.15) is 0 Å². The highest BCUT2D eigenvalue weighted by Crippen LogP contribution is 2.11. The Morgan fingerprint density at radius 1 is 1.33 bits per heavy atom. The van der Waals surface area contributed by atoms with Gasteiger partial charge in [-0.3, -0.25) is 0 Å². The largest absolute Gasteiger partial charge is 0.399 e. The summed E-state index contributed by atoms with van der Waals surface area (Å²) in [5.74, 6) is 0.647. The van der Waals surface area contributed by atoms with Crippen molar-refractivity contribution in [2.45, 2.75) is 11.4 Å². The fourth-order valence-electron chi connectivity index (χ4n) is 1.46. The van der Waals surface area contributed by atoms with E-state index in [9.17, 15) is 8.42 Å². The van der Waals surface area contributed by atoms with Gasteiger partial charge in [-0.05, 0) is 24.3 Å².